The summed E-state index contributed by atoms with van der Waals surface area (Å²) in [7, 11) is 0. The van der Waals surface area contributed by atoms with Crippen LogP contribution in [0.25, 0.3) is 33.0 Å². The Morgan fingerprint density at radius 1 is 0.444 bits per heavy atom. The van der Waals surface area contributed by atoms with Crippen LogP contribution in [-0.2, 0) is 5.41 Å². The molecule has 1 heteroatoms. The molecule has 0 aromatic heterocycles. The number of rotatable bonds is 3. The second kappa shape index (κ2) is 8.22. The smallest absolute Gasteiger partial charge is 0.0719 e. The standard InChI is InChI=1S/C35H23Cl/c36-33-17-9-7-13-28(33)25-18-21-27(22-19-25)35(26-11-2-1-3-12-26)32-16-8-6-15-30(32)31-23-20-24-10-4-5-14-29(24)34(31)35/h1-23H. The molecule has 6 aromatic carbocycles. The third-order valence-corrected chi connectivity index (χ3v) is 7.96. The van der Waals surface area contributed by atoms with Gasteiger partial charge in [0.1, 0.15) is 0 Å². The Bertz CT molecular complexity index is 1730. The van der Waals surface area contributed by atoms with Crippen LogP contribution < -0.4 is 0 Å². The van der Waals surface area contributed by atoms with Crippen LogP contribution in [-0.4, -0.2) is 0 Å². The molecule has 1 aliphatic carbocycles. The molecule has 0 fully saturated rings. The predicted octanol–water partition coefficient (Wildman–Crippen LogP) is 9.52. The summed E-state index contributed by atoms with van der Waals surface area (Å²) >= 11 is 6.55. The van der Waals surface area contributed by atoms with Gasteiger partial charge in [0, 0.05) is 10.6 Å². The highest BCUT2D eigenvalue weighted by Gasteiger charge is 2.46. The number of fused-ring (bicyclic) bond motifs is 5. The van der Waals surface area contributed by atoms with E-state index < -0.39 is 5.41 Å². The molecule has 0 saturated heterocycles. The Morgan fingerprint density at radius 3 is 1.89 bits per heavy atom. The minimum absolute atomic E-state index is 0.424. The van der Waals surface area contributed by atoms with Crippen molar-refractivity contribution in [2.45, 2.75) is 5.41 Å². The second-order valence-electron chi connectivity index (χ2n) is 9.43. The van der Waals surface area contributed by atoms with Gasteiger partial charge in [-0.05, 0) is 55.8 Å². The average Bonchev–Trinajstić information content (AvgIpc) is 3.26. The molecule has 0 bridgehead atoms. The first-order valence-corrected chi connectivity index (χ1v) is 12.7. The molecule has 36 heavy (non-hydrogen) atoms. The van der Waals surface area contributed by atoms with Crippen molar-refractivity contribution in [3.05, 3.63) is 167 Å². The molecule has 0 amide bonds. The molecule has 6 aromatic rings. The van der Waals surface area contributed by atoms with Gasteiger partial charge >= 0.3 is 0 Å². The molecule has 1 atom stereocenters. The van der Waals surface area contributed by atoms with Crippen LogP contribution in [0, 0.1) is 0 Å². The topological polar surface area (TPSA) is 0 Å². The minimum Gasteiger partial charge on any atom is -0.0837 e. The van der Waals surface area contributed by atoms with Crippen molar-refractivity contribution in [3.63, 3.8) is 0 Å². The van der Waals surface area contributed by atoms with Gasteiger partial charge in [-0.2, -0.15) is 0 Å². The summed E-state index contributed by atoms with van der Waals surface area (Å²) in [6.45, 7) is 0. The monoisotopic (exact) mass is 478 g/mol. The maximum atomic E-state index is 6.55. The lowest BCUT2D eigenvalue weighted by atomic mass is 9.66. The van der Waals surface area contributed by atoms with Crippen molar-refractivity contribution < 1.29 is 0 Å². The lowest BCUT2D eigenvalue weighted by molar-refractivity contribution is 0.775. The zero-order valence-electron chi connectivity index (χ0n) is 19.7. The van der Waals surface area contributed by atoms with E-state index in [0.717, 1.165) is 16.1 Å². The van der Waals surface area contributed by atoms with Gasteiger partial charge in [-0.1, -0.05) is 145 Å². The molecule has 0 radical (unpaired) electrons. The Labute approximate surface area is 216 Å². The van der Waals surface area contributed by atoms with Gasteiger partial charge in [0.15, 0.2) is 0 Å². The van der Waals surface area contributed by atoms with E-state index in [4.69, 9.17) is 11.6 Å². The highest BCUT2D eigenvalue weighted by atomic mass is 35.5. The van der Waals surface area contributed by atoms with Gasteiger partial charge in [0.25, 0.3) is 0 Å². The van der Waals surface area contributed by atoms with Crippen LogP contribution in [0.3, 0.4) is 0 Å². The highest BCUT2D eigenvalue weighted by Crippen LogP contribution is 2.58. The molecule has 170 valence electrons. The molecule has 1 unspecified atom stereocenters. The van der Waals surface area contributed by atoms with E-state index in [-0.39, 0.29) is 0 Å². The maximum Gasteiger partial charge on any atom is 0.0719 e. The van der Waals surface area contributed by atoms with Gasteiger partial charge < -0.3 is 0 Å². The minimum atomic E-state index is -0.424. The van der Waals surface area contributed by atoms with Crippen LogP contribution in [0.2, 0.25) is 5.02 Å². The Hall–Kier alpha value is -4.13. The van der Waals surface area contributed by atoms with Crippen LogP contribution in [0.1, 0.15) is 22.3 Å². The van der Waals surface area contributed by atoms with Gasteiger partial charge in [-0.3, -0.25) is 0 Å². The van der Waals surface area contributed by atoms with E-state index in [9.17, 15) is 0 Å². The fraction of sp³-hybridized carbons (Fsp3) is 0.0286. The quantitative estimate of drug-likeness (QED) is 0.237. The summed E-state index contributed by atoms with van der Waals surface area (Å²) in [5.41, 5.74) is 9.58. The molecule has 7 rings (SSSR count). The molecule has 0 nitrogen and oxygen atoms in total. The maximum absolute atomic E-state index is 6.55. The molecule has 0 saturated carbocycles. The van der Waals surface area contributed by atoms with Gasteiger partial charge in [-0.25, -0.2) is 0 Å². The Balaban J connectivity index is 1.59. The average molecular weight is 479 g/mol. The van der Waals surface area contributed by atoms with Crippen molar-refractivity contribution >= 4 is 22.4 Å². The lowest BCUT2D eigenvalue weighted by Gasteiger charge is -2.34. The van der Waals surface area contributed by atoms with E-state index in [0.29, 0.717) is 0 Å². The molecular weight excluding hydrogens is 456 g/mol. The summed E-state index contributed by atoms with van der Waals surface area (Å²) in [4.78, 5) is 0. The molecule has 0 aliphatic heterocycles. The SMILES string of the molecule is Clc1ccccc1-c1ccc(C2(c3ccccc3)c3ccccc3-c3ccc4ccccc4c32)cc1. The summed E-state index contributed by atoms with van der Waals surface area (Å²) < 4.78 is 0. The zero-order chi connectivity index (χ0) is 24.1. The first kappa shape index (κ1) is 21.2. The fourth-order valence-electron chi connectivity index (χ4n) is 6.13. The summed E-state index contributed by atoms with van der Waals surface area (Å²) in [6.07, 6.45) is 0. The van der Waals surface area contributed by atoms with Gasteiger partial charge in [0.2, 0.25) is 0 Å². The third-order valence-electron chi connectivity index (χ3n) is 7.63. The number of hydrogen-bond donors (Lipinski definition) is 0. The zero-order valence-corrected chi connectivity index (χ0v) is 20.4. The van der Waals surface area contributed by atoms with E-state index in [1.807, 2.05) is 18.2 Å². The van der Waals surface area contributed by atoms with Crippen LogP contribution in [0.15, 0.2) is 140 Å². The van der Waals surface area contributed by atoms with Crippen molar-refractivity contribution in [1.82, 2.24) is 0 Å². The normalized spacial score (nSPS) is 16.0. The summed E-state index contributed by atoms with van der Waals surface area (Å²) in [5, 5.41) is 3.33. The van der Waals surface area contributed by atoms with E-state index in [1.54, 1.807) is 0 Å². The summed E-state index contributed by atoms with van der Waals surface area (Å²) in [6, 6.07) is 50.2. The molecule has 0 heterocycles. The van der Waals surface area contributed by atoms with Crippen LogP contribution >= 0.6 is 11.6 Å². The molecule has 0 spiro atoms. The number of hydrogen-bond acceptors (Lipinski definition) is 0. The molecule has 1 aliphatic rings. The Morgan fingerprint density at radius 2 is 1.08 bits per heavy atom. The van der Waals surface area contributed by atoms with E-state index in [1.165, 1.54) is 44.2 Å². The van der Waals surface area contributed by atoms with E-state index in [2.05, 4.69) is 121 Å². The summed E-state index contributed by atoms with van der Waals surface area (Å²) in [5.74, 6) is 0. The number of halogens is 1. The van der Waals surface area contributed by atoms with Crippen molar-refractivity contribution in [2.24, 2.45) is 0 Å². The Kier molecular flexibility index (Phi) is 4.84. The van der Waals surface area contributed by atoms with Gasteiger partial charge in [-0.15, -0.1) is 0 Å². The second-order valence-corrected chi connectivity index (χ2v) is 9.84. The number of benzene rings is 6. The van der Waals surface area contributed by atoms with Crippen LogP contribution in [0.4, 0.5) is 0 Å². The molecule has 0 N–H and O–H groups in total. The van der Waals surface area contributed by atoms with Crippen molar-refractivity contribution in [1.29, 1.82) is 0 Å². The van der Waals surface area contributed by atoms with E-state index >= 15 is 0 Å². The van der Waals surface area contributed by atoms with Gasteiger partial charge in [0.05, 0.1) is 5.41 Å². The van der Waals surface area contributed by atoms with Crippen molar-refractivity contribution in [3.8, 4) is 22.3 Å². The third kappa shape index (κ3) is 2.95. The first-order valence-electron chi connectivity index (χ1n) is 12.3. The molecular formula is C35H23Cl. The lowest BCUT2D eigenvalue weighted by Crippen LogP contribution is -2.28. The fourth-order valence-corrected chi connectivity index (χ4v) is 6.37. The predicted molar refractivity (Wildman–Crippen MR) is 152 cm³/mol. The van der Waals surface area contributed by atoms with Crippen molar-refractivity contribution in [2.75, 3.05) is 0 Å². The largest absolute Gasteiger partial charge is 0.0837 e. The first-order chi connectivity index (χ1) is 17.8. The highest BCUT2D eigenvalue weighted by molar-refractivity contribution is 6.33. The van der Waals surface area contributed by atoms with Crippen LogP contribution in [0.5, 0.6) is 0 Å².